The largest absolute Gasteiger partial charge is 0.329 e. The number of fused-ring (bicyclic) bond motifs is 1. The normalized spacial score (nSPS) is 34.5. The smallest absolute Gasteiger partial charge is 0.237 e. The number of aromatic nitrogens is 2. The first kappa shape index (κ1) is 12.5. The van der Waals surface area contributed by atoms with E-state index in [9.17, 15) is 4.79 Å². The number of carbonyl (C=O) groups is 1. The highest BCUT2D eigenvalue weighted by Crippen LogP contribution is 2.41. The van der Waals surface area contributed by atoms with Crippen molar-refractivity contribution in [2.45, 2.75) is 31.2 Å². The molecule has 3 rings (SSSR count). The van der Waals surface area contributed by atoms with E-state index in [0.717, 1.165) is 25.0 Å². The van der Waals surface area contributed by atoms with Crippen molar-refractivity contribution in [1.82, 2.24) is 21.0 Å². The second kappa shape index (κ2) is 5.22. The van der Waals surface area contributed by atoms with E-state index in [1.165, 1.54) is 0 Å². The SMILES string of the molecule is NCC1NNC(=O)C2CCC(c3cccnn3)CC12. The number of hydrogen-bond acceptors (Lipinski definition) is 5. The van der Waals surface area contributed by atoms with Gasteiger partial charge in [0.05, 0.1) is 5.69 Å². The van der Waals surface area contributed by atoms with Gasteiger partial charge >= 0.3 is 0 Å². The van der Waals surface area contributed by atoms with Crippen molar-refractivity contribution < 1.29 is 4.79 Å². The van der Waals surface area contributed by atoms with E-state index < -0.39 is 0 Å². The number of carbonyl (C=O) groups excluding carboxylic acids is 1. The van der Waals surface area contributed by atoms with Gasteiger partial charge in [0.2, 0.25) is 5.91 Å². The number of rotatable bonds is 2. The Balaban J connectivity index is 1.78. The molecule has 19 heavy (non-hydrogen) atoms. The minimum absolute atomic E-state index is 0.0859. The molecule has 2 aliphatic rings. The molecule has 1 aliphatic carbocycles. The number of hydrogen-bond donors (Lipinski definition) is 3. The van der Waals surface area contributed by atoms with Gasteiger partial charge in [-0.2, -0.15) is 10.2 Å². The maximum Gasteiger partial charge on any atom is 0.237 e. The molecule has 4 N–H and O–H groups in total. The summed E-state index contributed by atoms with van der Waals surface area (Å²) < 4.78 is 0. The van der Waals surface area contributed by atoms with Crippen molar-refractivity contribution in [3.05, 3.63) is 24.0 Å². The van der Waals surface area contributed by atoms with Crippen molar-refractivity contribution in [2.24, 2.45) is 17.6 Å². The Bertz CT molecular complexity index is 452. The first-order valence-electron chi connectivity index (χ1n) is 6.82. The molecule has 2 fully saturated rings. The third-order valence-corrected chi connectivity index (χ3v) is 4.40. The van der Waals surface area contributed by atoms with E-state index in [0.29, 0.717) is 18.4 Å². The number of nitrogens with zero attached hydrogens (tertiary/aromatic N) is 2. The molecule has 0 aromatic carbocycles. The molecule has 1 amide bonds. The molecule has 6 nitrogen and oxygen atoms in total. The van der Waals surface area contributed by atoms with E-state index in [-0.39, 0.29) is 17.9 Å². The average Bonchev–Trinajstić information content (AvgIpc) is 2.48. The van der Waals surface area contributed by atoms with E-state index in [4.69, 9.17) is 5.73 Å². The maximum atomic E-state index is 11.9. The Morgan fingerprint density at radius 2 is 2.32 bits per heavy atom. The summed E-state index contributed by atoms with van der Waals surface area (Å²) in [6.07, 6.45) is 4.53. The van der Waals surface area contributed by atoms with Gasteiger partial charge < -0.3 is 5.73 Å². The van der Waals surface area contributed by atoms with Gasteiger partial charge in [-0.25, -0.2) is 5.43 Å². The summed E-state index contributed by atoms with van der Waals surface area (Å²) in [5, 5.41) is 8.16. The molecule has 0 radical (unpaired) electrons. The lowest BCUT2D eigenvalue weighted by molar-refractivity contribution is -0.133. The van der Waals surface area contributed by atoms with Crippen LogP contribution in [0.25, 0.3) is 0 Å². The first-order valence-corrected chi connectivity index (χ1v) is 6.82. The molecular weight excluding hydrogens is 242 g/mol. The van der Waals surface area contributed by atoms with Crippen LogP contribution in [0.5, 0.6) is 0 Å². The van der Waals surface area contributed by atoms with E-state index in [1.54, 1.807) is 6.20 Å². The fourth-order valence-electron chi connectivity index (χ4n) is 3.37. The first-order chi connectivity index (χ1) is 9.29. The molecule has 0 spiro atoms. The van der Waals surface area contributed by atoms with Gasteiger partial charge in [0.25, 0.3) is 0 Å². The molecule has 4 unspecified atom stereocenters. The Morgan fingerprint density at radius 3 is 3.05 bits per heavy atom. The summed E-state index contributed by atoms with van der Waals surface area (Å²) in [7, 11) is 0. The van der Waals surface area contributed by atoms with Crippen LogP contribution in [0.15, 0.2) is 18.3 Å². The van der Waals surface area contributed by atoms with Gasteiger partial charge in [0.15, 0.2) is 0 Å². The van der Waals surface area contributed by atoms with Gasteiger partial charge in [-0.3, -0.25) is 10.2 Å². The summed E-state index contributed by atoms with van der Waals surface area (Å²) in [6, 6.07) is 4.09. The monoisotopic (exact) mass is 261 g/mol. The molecule has 1 aromatic heterocycles. The molecule has 2 heterocycles. The Labute approximate surface area is 112 Å². The fourth-order valence-corrected chi connectivity index (χ4v) is 3.37. The second-order valence-corrected chi connectivity index (χ2v) is 5.40. The predicted octanol–water partition coefficient (Wildman–Crippen LogP) is -0.0618. The molecule has 102 valence electrons. The van der Waals surface area contributed by atoms with Crippen LogP contribution in [-0.4, -0.2) is 28.7 Å². The minimum atomic E-state index is 0.0859. The molecule has 1 saturated carbocycles. The molecule has 4 atom stereocenters. The summed E-state index contributed by atoms with van der Waals surface area (Å²) in [5.74, 6) is 0.867. The highest BCUT2D eigenvalue weighted by molar-refractivity contribution is 5.79. The third-order valence-electron chi connectivity index (χ3n) is 4.40. The van der Waals surface area contributed by atoms with Crippen LogP contribution in [0.1, 0.15) is 30.9 Å². The average molecular weight is 261 g/mol. The van der Waals surface area contributed by atoms with Gasteiger partial charge in [-0.1, -0.05) is 0 Å². The lowest BCUT2D eigenvalue weighted by Gasteiger charge is -2.43. The van der Waals surface area contributed by atoms with Crippen molar-refractivity contribution in [3.63, 3.8) is 0 Å². The van der Waals surface area contributed by atoms with E-state index in [2.05, 4.69) is 21.0 Å². The molecule has 1 aromatic rings. The van der Waals surface area contributed by atoms with Gasteiger partial charge in [-0.05, 0) is 37.3 Å². The number of nitrogens with one attached hydrogen (secondary N) is 2. The van der Waals surface area contributed by atoms with Crippen LogP contribution < -0.4 is 16.6 Å². The highest BCUT2D eigenvalue weighted by atomic mass is 16.2. The van der Waals surface area contributed by atoms with Gasteiger partial charge in [-0.15, -0.1) is 0 Å². The maximum absolute atomic E-state index is 11.9. The summed E-state index contributed by atoms with van der Waals surface area (Å²) in [6.45, 7) is 0.536. The lowest BCUT2D eigenvalue weighted by Crippen LogP contribution is -2.62. The third kappa shape index (κ3) is 2.33. The Hall–Kier alpha value is -1.53. The molecule has 6 heteroatoms. The second-order valence-electron chi connectivity index (χ2n) is 5.40. The van der Waals surface area contributed by atoms with Crippen molar-refractivity contribution >= 4 is 5.91 Å². The highest BCUT2D eigenvalue weighted by Gasteiger charge is 2.42. The van der Waals surface area contributed by atoms with Crippen LogP contribution in [-0.2, 0) is 4.79 Å². The Kier molecular flexibility index (Phi) is 3.44. The van der Waals surface area contributed by atoms with Crippen LogP contribution in [0.4, 0.5) is 0 Å². The zero-order valence-corrected chi connectivity index (χ0v) is 10.7. The predicted molar refractivity (Wildman–Crippen MR) is 69.7 cm³/mol. The molecule has 1 saturated heterocycles. The van der Waals surface area contributed by atoms with E-state index in [1.807, 2.05) is 12.1 Å². The number of nitrogens with two attached hydrogens (primary N) is 1. The molecule has 0 bridgehead atoms. The number of hydrazine groups is 1. The van der Waals surface area contributed by atoms with Gasteiger partial charge in [0, 0.05) is 30.6 Å². The van der Waals surface area contributed by atoms with E-state index >= 15 is 0 Å². The minimum Gasteiger partial charge on any atom is -0.329 e. The molecular formula is C13H19N5O. The van der Waals surface area contributed by atoms with Crippen LogP contribution in [0, 0.1) is 11.8 Å². The fraction of sp³-hybridized carbons (Fsp3) is 0.615. The zero-order chi connectivity index (χ0) is 13.2. The van der Waals surface area contributed by atoms with Crippen LogP contribution in [0.3, 0.4) is 0 Å². The summed E-state index contributed by atoms with van der Waals surface area (Å²) >= 11 is 0. The zero-order valence-electron chi connectivity index (χ0n) is 10.7. The molecule has 1 aliphatic heterocycles. The van der Waals surface area contributed by atoms with Gasteiger partial charge in [0.1, 0.15) is 0 Å². The lowest BCUT2D eigenvalue weighted by atomic mass is 9.69. The Morgan fingerprint density at radius 1 is 1.42 bits per heavy atom. The standard InChI is InChI=1S/C13H19N5O/c14-7-12-10-6-8(11-2-1-5-15-16-11)3-4-9(10)13(19)18-17-12/h1-2,5,8-10,12,17H,3-4,6-7,14H2,(H,18,19). The number of amides is 1. The van der Waals surface area contributed by atoms with Crippen molar-refractivity contribution in [2.75, 3.05) is 6.54 Å². The van der Waals surface area contributed by atoms with Crippen molar-refractivity contribution in [1.29, 1.82) is 0 Å². The quantitative estimate of drug-likeness (QED) is 0.693. The van der Waals surface area contributed by atoms with Crippen molar-refractivity contribution in [3.8, 4) is 0 Å². The summed E-state index contributed by atoms with van der Waals surface area (Å²) in [4.78, 5) is 11.9. The topological polar surface area (TPSA) is 92.9 Å². The summed E-state index contributed by atoms with van der Waals surface area (Å²) in [5.41, 5.74) is 12.6. The van der Waals surface area contributed by atoms with Crippen LogP contribution in [0.2, 0.25) is 0 Å². The van der Waals surface area contributed by atoms with Crippen LogP contribution >= 0.6 is 0 Å².